The van der Waals surface area contributed by atoms with Crippen LogP contribution in [0.2, 0.25) is 0 Å². The minimum Gasteiger partial charge on any atom is -0.473 e. The summed E-state index contributed by atoms with van der Waals surface area (Å²) in [6.45, 7) is 3.85. The Balaban J connectivity index is 0.000000656. The van der Waals surface area contributed by atoms with E-state index in [1.165, 1.54) is 0 Å². The zero-order chi connectivity index (χ0) is 22.8. The quantitative estimate of drug-likeness (QED) is 0.150. The minimum atomic E-state index is -1.82. The Hall–Kier alpha value is -1.97. The molecule has 0 bridgehead atoms. The summed E-state index contributed by atoms with van der Waals surface area (Å²) in [5.74, 6) is -2.95. The van der Waals surface area contributed by atoms with E-state index < -0.39 is 17.5 Å². The van der Waals surface area contributed by atoms with Crippen molar-refractivity contribution in [1.29, 1.82) is 0 Å². The standard InChI is InChI=1S/C19H34N2O3.C2H2O4/c1-18-9-7-16(6-4-5-12-22)14-19(18,23)10-8-17(18)15-20-24-13-11-21(2)3;3-1(4)2(5)6/h4,6,15-17,22-23H,5,7-14H2,1-3H3;(H,3,4)(H,5,6)/b6-4+,20-15+;/t16-,17+,18+,19-;/m0./s1. The van der Waals surface area contributed by atoms with Gasteiger partial charge in [-0.25, -0.2) is 9.59 Å². The van der Waals surface area contributed by atoms with Crippen molar-refractivity contribution in [3.63, 3.8) is 0 Å². The van der Waals surface area contributed by atoms with Crippen LogP contribution in [0.15, 0.2) is 17.3 Å². The first-order valence-corrected chi connectivity index (χ1v) is 10.3. The molecule has 172 valence electrons. The van der Waals surface area contributed by atoms with Crippen molar-refractivity contribution in [2.75, 3.05) is 33.9 Å². The van der Waals surface area contributed by atoms with Crippen molar-refractivity contribution in [2.24, 2.45) is 22.4 Å². The number of nitrogens with zero attached hydrogens (tertiary/aromatic N) is 2. The van der Waals surface area contributed by atoms with E-state index in [9.17, 15) is 5.11 Å². The lowest BCUT2D eigenvalue weighted by atomic mass is 9.60. The van der Waals surface area contributed by atoms with Gasteiger partial charge in [-0.15, -0.1) is 0 Å². The monoisotopic (exact) mass is 428 g/mol. The van der Waals surface area contributed by atoms with E-state index in [2.05, 4.69) is 23.1 Å². The van der Waals surface area contributed by atoms with E-state index in [1.807, 2.05) is 26.4 Å². The second kappa shape index (κ2) is 12.0. The highest BCUT2D eigenvalue weighted by Gasteiger charge is 2.58. The fourth-order valence-electron chi connectivity index (χ4n) is 4.28. The van der Waals surface area contributed by atoms with Crippen LogP contribution in [0.3, 0.4) is 0 Å². The van der Waals surface area contributed by atoms with Gasteiger partial charge < -0.3 is 30.2 Å². The molecule has 2 fully saturated rings. The Morgan fingerprint density at radius 1 is 1.20 bits per heavy atom. The van der Waals surface area contributed by atoms with Crippen LogP contribution < -0.4 is 0 Å². The number of allylic oxidation sites excluding steroid dienone is 1. The third-order valence-corrected chi connectivity index (χ3v) is 6.22. The van der Waals surface area contributed by atoms with E-state index in [1.54, 1.807) is 0 Å². The van der Waals surface area contributed by atoms with Crippen molar-refractivity contribution in [2.45, 2.75) is 51.0 Å². The Bertz CT molecular complexity index is 610. The maximum absolute atomic E-state index is 11.3. The van der Waals surface area contributed by atoms with Crippen LogP contribution in [0.5, 0.6) is 0 Å². The normalized spacial score (nSPS) is 30.9. The van der Waals surface area contributed by atoms with Gasteiger partial charge in [0.1, 0.15) is 6.61 Å². The molecule has 0 aromatic rings. The molecule has 0 unspecified atom stereocenters. The molecule has 2 saturated carbocycles. The van der Waals surface area contributed by atoms with Crippen LogP contribution >= 0.6 is 0 Å². The third-order valence-electron chi connectivity index (χ3n) is 6.22. The van der Waals surface area contributed by atoms with E-state index >= 15 is 0 Å². The number of carboxylic acids is 2. The molecule has 4 atom stereocenters. The molecule has 30 heavy (non-hydrogen) atoms. The van der Waals surface area contributed by atoms with Gasteiger partial charge in [-0.05, 0) is 58.5 Å². The van der Waals surface area contributed by atoms with Crippen molar-refractivity contribution in [3.8, 4) is 0 Å². The Morgan fingerprint density at radius 2 is 1.87 bits per heavy atom. The van der Waals surface area contributed by atoms with Gasteiger partial charge in [0, 0.05) is 30.7 Å². The summed E-state index contributed by atoms with van der Waals surface area (Å²) >= 11 is 0. The maximum Gasteiger partial charge on any atom is 0.414 e. The molecule has 2 aliphatic carbocycles. The third kappa shape index (κ3) is 7.37. The highest BCUT2D eigenvalue weighted by molar-refractivity contribution is 6.27. The number of rotatable bonds is 8. The molecule has 0 radical (unpaired) electrons. The van der Waals surface area contributed by atoms with Crippen molar-refractivity contribution in [3.05, 3.63) is 12.2 Å². The van der Waals surface area contributed by atoms with Crippen LogP contribution in [0.4, 0.5) is 0 Å². The molecular formula is C21H36N2O7. The highest BCUT2D eigenvalue weighted by atomic mass is 16.6. The summed E-state index contributed by atoms with van der Waals surface area (Å²) in [4.78, 5) is 25.6. The highest BCUT2D eigenvalue weighted by Crippen LogP contribution is 2.58. The molecule has 2 aliphatic rings. The van der Waals surface area contributed by atoms with Crippen molar-refractivity contribution < 1.29 is 34.9 Å². The first-order valence-electron chi connectivity index (χ1n) is 10.3. The fraction of sp³-hybridized carbons (Fsp3) is 0.762. The van der Waals surface area contributed by atoms with Gasteiger partial charge in [-0.3, -0.25) is 0 Å². The van der Waals surface area contributed by atoms with Gasteiger partial charge in [-0.2, -0.15) is 0 Å². The Morgan fingerprint density at radius 3 is 2.43 bits per heavy atom. The van der Waals surface area contributed by atoms with Gasteiger partial charge >= 0.3 is 11.9 Å². The topological polar surface area (TPSA) is 140 Å². The number of aliphatic hydroxyl groups excluding tert-OH is 1. The lowest BCUT2D eigenvalue weighted by Gasteiger charge is -2.48. The number of carbonyl (C=O) groups is 2. The Labute approximate surface area is 178 Å². The maximum atomic E-state index is 11.3. The summed E-state index contributed by atoms with van der Waals surface area (Å²) < 4.78 is 0. The summed E-state index contributed by atoms with van der Waals surface area (Å²) in [7, 11) is 4.03. The minimum absolute atomic E-state index is 0.108. The number of hydrogen-bond acceptors (Lipinski definition) is 7. The number of hydrogen-bond donors (Lipinski definition) is 4. The number of oxime groups is 1. The zero-order valence-corrected chi connectivity index (χ0v) is 18.2. The first kappa shape index (κ1) is 26.1. The largest absolute Gasteiger partial charge is 0.473 e. The van der Waals surface area contributed by atoms with E-state index in [0.717, 1.165) is 38.6 Å². The van der Waals surface area contributed by atoms with E-state index in [0.29, 0.717) is 18.9 Å². The smallest absolute Gasteiger partial charge is 0.414 e. The number of aliphatic hydroxyl groups is 2. The lowest BCUT2D eigenvalue weighted by Crippen LogP contribution is -2.49. The van der Waals surface area contributed by atoms with Crippen LogP contribution in [0, 0.1) is 17.3 Å². The molecule has 0 heterocycles. The van der Waals surface area contributed by atoms with E-state index in [4.69, 9.17) is 29.7 Å². The molecule has 0 spiro atoms. The van der Waals surface area contributed by atoms with Gasteiger partial charge in [0.15, 0.2) is 0 Å². The van der Waals surface area contributed by atoms with Gasteiger partial charge in [0.25, 0.3) is 0 Å². The molecule has 2 rings (SSSR count). The van der Waals surface area contributed by atoms with Crippen LogP contribution in [-0.4, -0.2) is 82.9 Å². The van der Waals surface area contributed by atoms with Crippen molar-refractivity contribution in [1.82, 2.24) is 4.90 Å². The molecule has 9 heteroatoms. The average molecular weight is 429 g/mol. The lowest BCUT2D eigenvalue weighted by molar-refractivity contribution is -0.159. The number of carboxylic acid groups (broad SMARTS) is 2. The molecule has 0 aromatic carbocycles. The van der Waals surface area contributed by atoms with Crippen molar-refractivity contribution >= 4 is 18.2 Å². The fourth-order valence-corrected chi connectivity index (χ4v) is 4.28. The SMILES string of the molecule is CN(C)CCO/N=C/[C@H]1CC[C@]2(O)C[C@@H](/C=C/CCO)CC[C@]12C.O=C(O)C(=O)O. The number of aliphatic carboxylic acids is 2. The second-order valence-electron chi connectivity index (χ2n) is 8.54. The van der Waals surface area contributed by atoms with E-state index in [-0.39, 0.29) is 17.9 Å². The predicted octanol–water partition coefficient (Wildman–Crippen LogP) is 1.59. The number of likely N-dealkylation sites (N-methyl/N-ethyl adjacent to an activating group) is 1. The summed E-state index contributed by atoms with van der Waals surface area (Å²) in [5, 5.41) is 39.1. The summed E-state index contributed by atoms with van der Waals surface area (Å²) in [6.07, 6.45) is 11.6. The second-order valence-corrected chi connectivity index (χ2v) is 8.54. The van der Waals surface area contributed by atoms with Gasteiger partial charge in [0.2, 0.25) is 0 Å². The molecule has 0 aliphatic heterocycles. The van der Waals surface area contributed by atoms with Crippen LogP contribution in [-0.2, 0) is 14.4 Å². The first-order chi connectivity index (χ1) is 14.1. The Kier molecular flexibility index (Phi) is 10.4. The summed E-state index contributed by atoms with van der Waals surface area (Å²) in [5.41, 5.74) is -0.720. The molecule has 0 amide bonds. The molecule has 4 N–H and O–H groups in total. The van der Waals surface area contributed by atoms with Crippen LogP contribution in [0.25, 0.3) is 0 Å². The molecule has 0 saturated heterocycles. The van der Waals surface area contributed by atoms with Gasteiger partial charge in [0.05, 0.1) is 5.60 Å². The number of fused-ring (bicyclic) bond motifs is 1. The molecule has 9 nitrogen and oxygen atoms in total. The predicted molar refractivity (Wildman–Crippen MR) is 112 cm³/mol. The molecular weight excluding hydrogens is 392 g/mol. The summed E-state index contributed by atoms with van der Waals surface area (Å²) in [6, 6.07) is 0. The molecule has 0 aromatic heterocycles. The average Bonchev–Trinajstić information content (AvgIpc) is 2.92. The zero-order valence-electron chi connectivity index (χ0n) is 18.2. The van der Waals surface area contributed by atoms with Gasteiger partial charge in [-0.1, -0.05) is 24.2 Å². The van der Waals surface area contributed by atoms with Crippen LogP contribution in [0.1, 0.15) is 45.4 Å².